The summed E-state index contributed by atoms with van der Waals surface area (Å²) >= 11 is 1.55. The van der Waals surface area contributed by atoms with Crippen molar-refractivity contribution in [3.63, 3.8) is 0 Å². The van der Waals surface area contributed by atoms with Crippen LogP contribution in [-0.2, 0) is 36.9 Å². The highest BCUT2D eigenvalue weighted by Gasteiger charge is 2.18. The average Bonchev–Trinajstić information content (AvgIpc) is 3.10. The zero-order valence-electron chi connectivity index (χ0n) is 14.9. The summed E-state index contributed by atoms with van der Waals surface area (Å²) in [6, 6.07) is 8.29. The topological polar surface area (TPSA) is 58.2 Å². The van der Waals surface area contributed by atoms with E-state index in [1.807, 2.05) is 12.1 Å². The van der Waals surface area contributed by atoms with Crippen LogP contribution in [0, 0.1) is 0 Å². The monoisotopic (exact) mass is 368 g/mol. The van der Waals surface area contributed by atoms with E-state index in [2.05, 4.69) is 23.0 Å². The second-order valence-electron chi connectivity index (χ2n) is 7.26. The van der Waals surface area contributed by atoms with Crippen LogP contribution in [0.1, 0.15) is 62.5 Å². The molecule has 4 nitrogen and oxygen atoms in total. The zero-order chi connectivity index (χ0) is 17.9. The molecule has 0 saturated heterocycles. The fourth-order valence-electron chi connectivity index (χ4n) is 3.92. The molecule has 2 N–H and O–H groups in total. The molecule has 0 spiro atoms. The molecule has 0 fully saturated rings. The predicted octanol–water partition coefficient (Wildman–Crippen LogP) is 3.51. The summed E-state index contributed by atoms with van der Waals surface area (Å²) < 4.78 is 0. The molecule has 0 aliphatic heterocycles. The number of fused-ring (bicyclic) bond motifs is 2. The van der Waals surface area contributed by atoms with E-state index in [0.717, 1.165) is 31.2 Å². The quantitative estimate of drug-likeness (QED) is 0.815. The molecule has 0 saturated carbocycles. The Morgan fingerprint density at radius 2 is 1.58 bits per heavy atom. The number of rotatable bonds is 3. The lowest BCUT2D eigenvalue weighted by molar-refractivity contribution is -0.121. The Hall–Kier alpha value is -2.14. The number of benzene rings is 1. The van der Waals surface area contributed by atoms with Crippen molar-refractivity contribution >= 4 is 23.2 Å². The third-order valence-corrected chi connectivity index (χ3v) is 6.55. The van der Waals surface area contributed by atoms with E-state index in [1.54, 1.807) is 11.3 Å². The van der Waals surface area contributed by atoms with E-state index in [0.29, 0.717) is 4.88 Å². The lowest BCUT2D eigenvalue weighted by Crippen LogP contribution is -2.42. The van der Waals surface area contributed by atoms with Crippen LogP contribution in [0.3, 0.4) is 0 Å². The minimum atomic E-state index is -0.219. The Bertz CT molecular complexity index is 817. The second kappa shape index (κ2) is 7.62. The van der Waals surface area contributed by atoms with Gasteiger partial charge in [-0.05, 0) is 79.7 Å². The molecule has 1 heterocycles. The van der Waals surface area contributed by atoms with Gasteiger partial charge in [0, 0.05) is 4.88 Å². The van der Waals surface area contributed by atoms with E-state index < -0.39 is 0 Å². The van der Waals surface area contributed by atoms with Gasteiger partial charge < -0.3 is 0 Å². The maximum Gasteiger partial charge on any atom is 0.279 e. The number of carbonyl (C=O) groups excluding carboxylic acids is 2. The number of hydrogen-bond donors (Lipinski definition) is 2. The van der Waals surface area contributed by atoms with Crippen molar-refractivity contribution in [2.75, 3.05) is 0 Å². The van der Waals surface area contributed by atoms with E-state index >= 15 is 0 Å². The fraction of sp³-hybridized carbons (Fsp3) is 0.429. The summed E-state index contributed by atoms with van der Waals surface area (Å²) in [5.41, 5.74) is 10.2. The van der Waals surface area contributed by atoms with E-state index in [1.165, 1.54) is 47.3 Å². The smallest absolute Gasteiger partial charge is 0.273 e. The highest BCUT2D eigenvalue weighted by Crippen LogP contribution is 2.29. The largest absolute Gasteiger partial charge is 0.279 e. The number of carbonyl (C=O) groups is 2. The van der Waals surface area contributed by atoms with Crippen molar-refractivity contribution in [2.24, 2.45) is 0 Å². The molecule has 2 aromatic rings. The average molecular weight is 369 g/mol. The number of amides is 2. The number of thiophene rings is 1. The first kappa shape index (κ1) is 17.3. The SMILES string of the molecule is O=C(Cc1ccc2c(c1)CCCC2)NNC(=O)c1cc2c(s1)CCCC2. The molecule has 0 radical (unpaired) electrons. The number of hydrogen-bond acceptors (Lipinski definition) is 3. The first-order valence-corrected chi connectivity index (χ1v) is 10.3. The van der Waals surface area contributed by atoms with Gasteiger partial charge in [-0.25, -0.2) is 0 Å². The Morgan fingerprint density at radius 1 is 0.846 bits per heavy atom. The normalized spacial score (nSPS) is 15.7. The highest BCUT2D eigenvalue weighted by molar-refractivity contribution is 7.14. The summed E-state index contributed by atoms with van der Waals surface area (Å²) in [4.78, 5) is 26.5. The van der Waals surface area contributed by atoms with Crippen LogP contribution >= 0.6 is 11.3 Å². The van der Waals surface area contributed by atoms with Crippen LogP contribution in [0.2, 0.25) is 0 Å². The molecule has 1 aromatic carbocycles. The summed E-state index contributed by atoms with van der Waals surface area (Å²) in [6.45, 7) is 0. The Kier molecular flexibility index (Phi) is 5.07. The van der Waals surface area contributed by atoms with Crippen molar-refractivity contribution < 1.29 is 9.59 Å². The standard InChI is InChI=1S/C21H24N2O2S/c24-20(12-14-9-10-15-5-1-2-6-16(15)11-14)22-23-21(25)19-13-17-7-3-4-8-18(17)26-19/h9-11,13H,1-8,12H2,(H,22,24)(H,23,25). The maximum absolute atomic E-state index is 12.3. The Balaban J connectivity index is 1.32. The van der Waals surface area contributed by atoms with Crippen molar-refractivity contribution in [1.29, 1.82) is 0 Å². The van der Waals surface area contributed by atoms with E-state index in [9.17, 15) is 9.59 Å². The van der Waals surface area contributed by atoms with Gasteiger partial charge in [0.2, 0.25) is 5.91 Å². The summed E-state index contributed by atoms with van der Waals surface area (Å²) in [5, 5.41) is 0. The summed E-state index contributed by atoms with van der Waals surface area (Å²) in [7, 11) is 0. The van der Waals surface area contributed by atoms with Crippen LogP contribution in [-0.4, -0.2) is 11.8 Å². The number of hydrazine groups is 1. The number of aryl methyl sites for hydroxylation is 4. The molecule has 0 atom stereocenters. The van der Waals surface area contributed by atoms with E-state index in [-0.39, 0.29) is 18.2 Å². The van der Waals surface area contributed by atoms with Crippen LogP contribution in [0.5, 0.6) is 0 Å². The molecule has 0 bridgehead atoms. The van der Waals surface area contributed by atoms with Gasteiger partial charge in [0.25, 0.3) is 5.91 Å². The molecule has 2 aliphatic rings. The summed E-state index contributed by atoms with van der Waals surface area (Å²) in [5.74, 6) is -0.404. The molecular formula is C21H24N2O2S. The van der Waals surface area contributed by atoms with Crippen LogP contribution in [0.25, 0.3) is 0 Å². The van der Waals surface area contributed by atoms with Gasteiger partial charge in [0.1, 0.15) is 0 Å². The lowest BCUT2D eigenvalue weighted by atomic mass is 9.90. The molecule has 26 heavy (non-hydrogen) atoms. The molecule has 2 aliphatic carbocycles. The van der Waals surface area contributed by atoms with Gasteiger partial charge in [-0.2, -0.15) is 0 Å². The second-order valence-corrected chi connectivity index (χ2v) is 8.39. The third kappa shape index (κ3) is 3.83. The van der Waals surface area contributed by atoms with Gasteiger partial charge in [-0.15, -0.1) is 11.3 Å². The van der Waals surface area contributed by atoms with Crippen LogP contribution in [0.15, 0.2) is 24.3 Å². The Morgan fingerprint density at radius 3 is 2.38 bits per heavy atom. The van der Waals surface area contributed by atoms with Crippen molar-refractivity contribution in [2.45, 2.75) is 57.8 Å². The van der Waals surface area contributed by atoms with E-state index in [4.69, 9.17) is 0 Å². The van der Waals surface area contributed by atoms with Crippen molar-refractivity contribution in [3.05, 3.63) is 56.3 Å². The third-order valence-electron chi connectivity index (χ3n) is 5.31. The maximum atomic E-state index is 12.3. The zero-order valence-corrected chi connectivity index (χ0v) is 15.7. The molecule has 5 heteroatoms. The molecule has 0 unspecified atom stereocenters. The number of nitrogens with one attached hydrogen (secondary N) is 2. The van der Waals surface area contributed by atoms with Gasteiger partial charge in [-0.1, -0.05) is 18.2 Å². The van der Waals surface area contributed by atoms with Gasteiger partial charge in [0.15, 0.2) is 0 Å². The minimum Gasteiger partial charge on any atom is -0.273 e. The lowest BCUT2D eigenvalue weighted by Gasteiger charge is -2.16. The van der Waals surface area contributed by atoms with Gasteiger partial charge in [-0.3, -0.25) is 20.4 Å². The first-order valence-electron chi connectivity index (χ1n) is 9.50. The Labute approximate surface area is 158 Å². The molecule has 1 aromatic heterocycles. The first-order chi connectivity index (χ1) is 12.7. The molecule has 4 rings (SSSR count). The van der Waals surface area contributed by atoms with Gasteiger partial charge >= 0.3 is 0 Å². The van der Waals surface area contributed by atoms with Crippen LogP contribution in [0.4, 0.5) is 0 Å². The molecule has 2 amide bonds. The highest BCUT2D eigenvalue weighted by atomic mass is 32.1. The fourth-order valence-corrected chi connectivity index (χ4v) is 5.07. The van der Waals surface area contributed by atoms with Crippen molar-refractivity contribution in [1.82, 2.24) is 10.9 Å². The molecular weight excluding hydrogens is 344 g/mol. The minimum absolute atomic E-state index is 0.185. The van der Waals surface area contributed by atoms with Gasteiger partial charge in [0.05, 0.1) is 11.3 Å². The van der Waals surface area contributed by atoms with Crippen molar-refractivity contribution in [3.8, 4) is 0 Å². The predicted molar refractivity (Wildman–Crippen MR) is 103 cm³/mol. The van der Waals surface area contributed by atoms with Crippen LogP contribution < -0.4 is 10.9 Å². The summed E-state index contributed by atoms with van der Waals surface area (Å²) in [6.07, 6.45) is 9.53. The molecule has 136 valence electrons.